The van der Waals surface area contributed by atoms with E-state index in [2.05, 4.69) is 0 Å². The van der Waals surface area contributed by atoms with E-state index in [4.69, 9.17) is 14.7 Å². The Hall–Kier alpha value is -2.13. The van der Waals surface area contributed by atoms with Crippen LogP contribution in [-0.4, -0.2) is 36.3 Å². The van der Waals surface area contributed by atoms with Gasteiger partial charge in [-0.15, -0.1) is 0 Å². The number of aryl methyl sites for hydroxylation is 1. The molecule has 1 atom stereocenters. The molecule has 0 aliphatic carbocycles. The SMILES string of the molecule is CCCCOC[C@@H](ONC(=O)c1cc(C)cc(C(F)(F)F)c1)C(=O)O. The van der Waals surface area contributed by atoms with Crippen LogP contribution in [0.4, 0.5) is 13.2 Å². The second kappa shape index (κ2) is 9.38. The summed E-state index contributed by atoms with van der Waals surface area (Å²) in [4.78, 5) is 27.7. The van der Waals surface area contributed by atoms with E-state index in [1.54, 1.807) is 0 Å². The second-order valence-electron chi connectivity index (χ2n) is 5.39. The average molecular weight is 363 g/mol. The third kappa shape index (κ3) is 7.10. The van der Waals surface area contributed by atoms with Crippen molar-refractivity contribution in [2.24, 2.45) is 0 Å². The molecule has 2 N–H and O–H groups in total. The Bertz CT molecular complexity index is 604. The van der Waals surface area contributed by atoms with Gasteiger partial charge in [0, 0.05) is 12.2 Å². The maximum atomic E-state index is 12.8. The number of halogens is 3. The van der Waals surface area contributed by atoms with E-state index in [0.29, 0.717) is 12.7 Å². The number of carbonyl (C=O) groups excluding carboxylic acids is 1. The fraction of sp³-hybridized carbons (Fsp3) is 0.500. The highest BCUT2D eigenvalue weighted by atomic mass is 19.4. The van der Waals surface area contributed by atoms with Crippen LogP contribution in [0.5, 0.6) is 0 Å². The highest BCUT2D eigenvalue weighted by Crippen LogP contribution is 2.30. The van der Waals surface area contributed by atoms with Crippen molar-refractivity contribution in [2.75, 3.05) is 13.2 Å². The number of hydroxylamine groups is 1. The fourth-order valence-corrected chi connectivity index (χ4v) is 1.85. The summed E-state index contributed by atoms with van der Waals surface area (Å²) in [5.74, 6) is -2.34. The molecule has 0 saturated carbocycles. The Balaban J connectivity index is 2.71. The van der Waals surface area contributed by atoms with Gasteiger partial charge < -0.3 is 9.84 Å². The lowest BCUT2D eigenvalue weighted by Gasteiger charge is -2.15. The number of rotatable bonds is 9. The number of ether oxygens (including phenoxy) is 1. The van der Waals surface area contributed by atoms with Crippen LogP contribution in [0.2, 0.25) is 0 Å². The molecule has 1 rings (SSSR count). The van der Waals surface area contributed by atoms with Crippen LogP contribution in [0.25, 0.3) is 0 Å². The predicted molar refractivity (Wildman–Crippen MR) is 81.9 cm³/mol. The number of hydrogen-bond acceptors (Lipinski definition) is 4. The molecule has 25 heavy (non-hydrogen) atoms. The normalized spacial score (nSPS) is 12.7. The van der Waals surface area contributed by atoms with Crippen molar-refractivity contribution in [1.82, 2.24) is 5.48 Å². The molecule has 1 amide bonds. The van der Waals surface area contributed by atoms with Gasteiger partial charge in [-0.2, -0.15) is 13.2 Å². The number of alkyl halides is 3. The van der Waals surface area contributed by atoms with Crippen LogP contribution in [-0.2, 0) is 20.5 Å². The number of carboxylic acids is 1. The first-order valence-electron chi connectivity index (χ1n) is 7.60. The summed E-state index contributed by atoms with van der Waals surface area (Å²) < 4.78 is 43.4. The van der Waals surface area contributed by atoms with Gasteiger partial charge in [-0.25, -0.2) is 10.3 Å². The van der Waals surface area contributed by atoms with Crippen molar-refractivity contribution in [1.29, 1.82) is 0 Å². The smallest absolute Gasteiger partial charge is 0.416 e. The number of unbranched alkanes of at least 4 members (excludes halogenated alkanes) is 1. The Morgan fingerprint density at radius 1 is 1.28 bits per heavy atom. The third-order valence-electron chi connectivity index (χ3n) is 3.15. The summed E-state index contributed by atoms with van der Waals surface area (Å²) in [7, 11) is 0. The van der Waals surface area contributed by atoms with Gasteiger partial charge in [-0.05, 0) is 37.1 Å². The molecule has 0 heterocycles. The molecule has 0 aliphatic rings. The zero-order valence-electron chi connectivity index (χ0n) is 13.9. The highest BCUT2D eigenvalue weighted by Gasteiger charge is 2.31. The Morgan fingerprint density at radius 3 is 2.52 bits per heavy atom. The van der Waals surface area contributed by atoms with Gasteiger partial charge in [0.2, 0.25) is 6.10 Å². The van der Waals surface area contributed by atoms with Crippen molar-refractivity contribution in [3.05, 3.63) is 34.9 Å². The van der Waals surface area contributed by atoms with E-state index in [9.17, 15) is 22.8 Å². The van der Waals surface area contributed by atoms with Crippen LogP contribution < -0.4 is 5.48 Å². The van der Waals surface area contributed by atoms with Gasteiger partial charge in [0.15, 0.2) is 0 Å². The number of nitrogens with one attached hydrogen (secondary N) is 1. The lowest BCUT2D eigenvalue weighted by Crippen LogP contribution is -2.37. The largest absolute Gasteiger partial charge is 0.479 e. The maximum absolute atomic E-state index is 12.8. The molecule has 0 saturated heterocycles. The van der Waals surface area contributed by atoms with E-state index in [1.807, 2.05) is 12.4 Å². The zero-order chi connectivity index (χ0) is 19.0. The second-order valence-corrected chi connectivity index (χ2v) is 5.39. The predicted octanol–water partition coefficient (Wildman–Crippen LogP) is 2.95. The first kappa shape index (κ1) is 20.9. The molecule has 0 radical (unpaired) electrons. The monoisotopic (exact) mass is 363 g/mol. The van der Waals surface area contributed by atoms with Crippen molar-refractivity contribution >= 4 is 11.9 Å². The van der Waals surface area contributed by atoms with Crippen molar-refractivity contribution < 1.29 is 37.4 Å². The lowest BCUT2D eigenvalue weighted by molar-refractivity contribution is -0.159. The summed E-state index contributed by atoms with van der Waals surface area (Å²) in [6.07, 6.45) is -4.46. The van der Waals surface area contributed by atoms with Crippen LogP contribution in [0.1, 0.15) is 41.3 Å². The molecule has 1 aromatic carbocycles. The molecule has 0 fully saturated rings. The summed E-state index contributed by atoms with van der Waals surface area (Å²) in [5.41, 5.74) is 0.829. The number of carboxylic acid groups (broad SMARTS) is 1. The molecular weight excluding hydrogens is 343 g/mol. The summed E-state index contributed by atoms with van der Waals surface area (Å²) in [5, 5.41) is 9.00. The molecule has 0 spiro atoms. The molecular formula is C16H20F3NO5. The Morgan fingerprint density at radius 2 is 1.96 bits per heavy atom. The number of amides is 1. The Kier molecular flexibility index (Phi) is 7.85. The van der Waals surface area contributed by atoms with E-state index in [1.165, 1.54) is 13.0 Å². The van der Waals surface area contributed by atoms with E-state index < -0.39 is 29.7 Å². The van der Waals surface area contributed by atoms with Crippen LogP contribution in [0.15, 0.2) is 18.2 Å². The van der Waals surface area contributed by atoms with Gasteiger partial charge in [0.05, 0.1) is 12.2 Å². The van der Waals surface area contributed by atoms with Gasteiger partial charge in [0.25, 0.3) is 5.91 Å². The minimum Gasteiger partial charge on any atom is -0.479 e. The zero-order valence-corrected chi connectivity index (χ0v) is 13.9. The van der Waals surface area contributed by atoms with E-state index in [0.717, 1.165) is 18.9 Å². The number of hydrogen-bond donors (Lipinski definition) is 2. The van der Waals surface area contributed by atoms with Crippen molar-refractivity contribution in [2.45, 2.75) is 39.0 Å². The summed E-state index contributed by atoms with van der Waals surface area (Å²) in [6.45, 7) is 3.39. The quantitative estimate of drug-likeness (QED) is 0.521. The Labute approximate surface area is 142 Å². The molecule has 1 aromatic rings. The average Bonchev–Trinajstić information content (AvgIpc) is 2.52. The highest BCUT2D eigenvalue weighted by molar-refractivity contribution is 5.94. The summed E-state index contributed by atoms with van der Waals surface area (Å²) in [6, 6.07) is 2.81. The number of carbonyl (C=O) groups is 2. The molecule has 140 valence electrons. The number of aliphatic carboxylic acids is 1. The lowest BCUT2D eigenvalue weighted by atomic mass is 10.1. The summed E-state index contributed by atoms with van der Waals surface area (Å²) >= 11 is 0. The van der Waals surface area contributed by atoms with E-state index >= 15 is 0 Å². The molecule has 0 aromatic heterocycles. The minimum atomic E-state index is -4.60. The first-order chi connectivity index (χ1) is 11.6. The van der Waals surface area contributed by atoms with Gasteiger partial charge in [-0.1, -0.05) is 13.3 Å². The van der Waals surface area contributed by atoms with Crippen LogP contribution in [0, 0.1) is 6.92 Å². The van der Waals surface area contributed by atoms with Gasteiger partial charge in [0.1, 0.15) is 0 Å². The van der Waals surface area contributed by atoms with Crippen molar-refractivity contribution in [3.8, 4) is 0 Å². The molecule has 0 bridgehead atoms. The van der Waals surface area contributed by atoms with Crippen LogP contribution >= 0.6 is 0 Å². The standard InChI is InChI=1S/C16H20F3NO5/c1-3-4-5-24-9-13(15(22)23)25-20-14(21)11-6-10(2)7-12(8-11)16(17,18)19/h6-8,13H,3-5,9H2,1-2H3,(H,20,21)(H,22,23)/t13-/m1/s1. The molecule has 0 unspecified atom stereocenters. The molecule has 9 heteroatoms. The maximum Gasteiger partial charge on any atom is 0.416 e. The molecule has 6 nitrogen and oxygen atoms in total. The molecule has 0 aliphatic heterocycles. The van der Waals surface area contributed by atoms with E-state index in [-0.39, 0.29) is 17.7 Å². The topological polar surface area (TPSA) is 84.9 Å². The van der Waals surface area contributed by atoms with Gasteiger partial charge >= 0.3 is 12.1 Å². The van der Waals surface area contributed by atoms with Gasteiger partial charge in [-0.3, -0.25) is 9.63 Å². The van der Waals surface area contributed by atoms with Crippen LogP contribution in [0.3, 0.4) is 0 Å². The van der Waals surface area contributed by atoms with Crippen molar-refractivity contribution in [3.63, 3.8) is 0 Å². The minimum absolute atomic E-state index is 0.234. The third-order valence-corrected chi connectivity index (χ3v) is 3.15. The fourth-order valence-electron chi connectivity index (χ4n) is 1.85. The number of benzene rings is 1. The first-order valence-corrected chi connectivity index (χ1v) is 7.60.